The van der Waals surface area contributed by atoms with Crippen LogP contribution in [0.4, 0.5) is 0 Å². The van der Waals surface area contributed by atoms with Gasteiger partial charge in [-0.1, -0.05) is 66.2 Å². The molecule has 0 fully saturated rings. The van der Waals surface area contributed by atoms with E-state index in [0.29, 0.717) is 0 Å². The monoisotopic (exact) mass is 222 g/mol. The van der Waals surface area contributed by atoms with E-state index in [2.05, 4.69) is 52.8 Å². The highest BCUT2D eigenvalue weighted by Crippen LogP contribution is 2.14. The third-order valence-corrected chi connectivity index (χ3v) is 2.24. The number of aryl methyl sites for hydroxylation is 2. The van der Waals surface area contributed by atoms with Gasteiger partial charge in [0, 0.05) is 0 Å². The van der Waals surface area contributed by atoms with Crippen LogP contribution in [-0.4, -0.2) is 0 Å². The third-order valence-electron chi connectivity index (χ3n) is 2.24. The van der Waals surface area contributed by atoms with Gasteiger partial charge in [-0.2, -0.15) is 0 Å². The molecule has 0 atom stereocenters. The fourth-order valence-electron chi connectivity index (χ4n) is 1.60. The molecule has 16 heavy (non-hydrogen) atoms. The van der Waals surface area contributed by atoms with Gasteiger partial charge in [0.25, 0.3) is 0 Å². The van der Waals surface area contributed by atoms with Crippen molar-refractivity contribution in [2.45, 2.75) is 67.7 Å². The Morgan fingerprint density at radius 2 is 1.38 bits per heavy atom. The van der Waals surface area contributed by atoms with E-state index in [1.807, 2.05) is 13.8 Å². The van der Waals surface area contributed by atoms with Crippen molar-refractivity contribution in [3.05, 3.63) is 34.9 Å². The summed E-state index contributed by atoms with van der Waals surface area (Å²) in [5.41, 5.74) is 4.48. The smallest absolute Gasteiger partial charge is 0.0302 e. The second-order valence-corrected chi connectivity index (χ2v) is 3.63. The van der Waals surface area contributed by atoms with Crippen LogP contribution in [0.3, 0.4) is 0 Å². The van der Waals surface area contributed by atoms with E-state index in [4.69, 9.17) is 0 Å². The Labute approximate surface area is 103 Å². The summed E-state index contributed by atoms with van der Waals surface area (Å²) in [6.07, 6.45) is 3.57. The van der Waals surface area contributed by atoms with Crippen molar-refractivity contribution < 1.29 is 0 Å². The van der Waals surface area contributed by atoms with Crippen LogP contribution >= 0.6 is 0 Å². The zero-order chi connectivity index (χ0) is 13.0. The molecule has 1 aromatic rings. The quantitative estimate of drug-likeness (QED) is 0.614. The maximum atomic E-state index is 2.23. The first-order valence-corrected chi connectivity index (χ1v) is 6.78. The van der Waals surface area contributed by atoms with Crippen LogP contribution in [0, 0.1) is 6.92 Å². The molecule has 0 aliphatic rings. The fraction of sp³-hybridized carbons (Fsp3) is 0.625. The summed E-state index contributed by atoms with van der Waals surface area (Å²) < 4.78 is 0. The molecule has 0 heteroatoms. The second kappa shape index (κ2) is 12.3. The van der Waals surface area contributed by atoms with Crippen LogP contribution in [0.5, 0.6) is 0 Å². The molecule has 0 aliphatic carbocycles. The molecular formula is C16H30. The Morgan fingerprint density at radius 3 is 1.69 bits per heavy atom. The summed E-state index contributed by atoms with van der Waals surface area (Å²) >= 11 is 0. The molecule has 0 aromatic heterocycles. The maximum absolute atomic E-state index is 2.23. The molecule has 0 aliphatic heterocycles. The average Bonchev–Trinajstić information content (AvgIpc) is 2.32. The minimum absolute atomic E-state index is 1.16. The van der Waals surface area contributed by atoms with Crippen molar-refractivity contribution in [3.8, 4) is 0 Å². The first-order chi connectivity index (χ1) is 7.71. The molecule has 94 valence electrons. The van der Waals surface area contributed by atoms with Crippen molar-refractivity contribution in [1.29, 1.82) is 0 Å². The number of hydrogen-bond acceptors (Lipinski definition) is 0. The first-order valence-electron chi connectivity index (χ1n) is 6.78. The van der Waals surface area contributed by atoms with Gasteiger partial charge in [0.15, 0.2) is 0 Å². The van der Waals surface area contributed by atoms with Crippen molar-refractivity contribution in [3.63, 3.8) is 0 Å². The van der Waals surface area contributed by atoms with Gasteiger partial charge in [-0.15, -0.1) is 0 Å². The van der Waals surface area contributed by atoms with Crippen LogP contribution in [-0.2, 0) is 12.8 Å². The van der Waals surface area contributed by atoms with E-state index in [-0.39, 0.29) is 0 Å². The number of benzene rings is 1. The lowest BCUT2D eigenvalue weighted by Crippen LogP contribution is -1.93. The molecular weight excluding hydrogens is 192 g/mol. The fourth-order valence-corrected chi connectivity index (χ4v) is 1.60. The van der Waals surface area contributed by atoms with Crippen LogP contribution in [0.1, 0.15) is 64.7 Å². The lowest BCUT2D eigenvalue weighted by atomic mass is 9.98. The van der Waals surface area contributed by atoms with Crippen molar-refractivity contribution in [2.75, 3.05) is 0 Å². The van der Waals surface area contributed by atoms with E-state index in [1.54, 1.807) is 0 Å². The van der Waals surface area contributed by atoms with E-state index >= 15 is 0 Å². The van der Waals surface area contributed by atoms with Gasteiger partial charge in [0.2, 0.25) is 0 Å². The van der Waals surface area contributed by atoms with Gasteiger partial charge in [0.1, 0.15) is 0 Å². The van der Waals surface area contributed by atoms with Crippen molar-refractivity contribution >= 4 is 0 Å². The molecule has 0 radical (unpaired) electrons. The number of rotatable bonds is 2. The Balaban J connectivity index is 0. The third kappa shape index (κ3) is 6.66. The van der Waals surface area contributed by atoms with Gasteiger partial charge < -0.3 is 0 Å². The molecule has 0 nitrogen and oxygen atoms in total. The molecule has 0 N–H and O–H groups in total. The summed E-state index contributed by atoms with van der Waals surface area (Å²) in [6.45, 7) is 14.9. The largest absolute Gasteiger partial charge is 0.0683 e. The minimum atomic E-state index is 1.16. The van der Waals surface area contributed by atoms with Gasteiger partial charge >= 0.3 is 0 Å². The molecule has 1 aromatic carbocycles. The van der Waals surface area contributed by atoms with E-state index < -0.39 is 0 Å². The molecule has 1 rings (SSSR count). The maximum Gasteiger partial charge on any atom is -0.0302 e. The first kappa shape index (κ1) is 17.6. The summed E-state index contributed by atoms with van der Waals surface area (Å²) in [5.74, 6) is 0. The molecule has 0 heterocycles. The van der Waals surface area contributed by atoms with E-state index in [1.165, 1.54) is 23.1 Å². The van der Waals surface area contributed by atoms with Crippen LogP contribution in [0.2, 0.25) is 0 Å². The van der Waals surface area contributed by atoms with Crippen LogP contribution in [0.15, 0.2) is 18.2 Å². The normalized spacial score (nSPS) is 8.44. The Kier molecular flexibility index (Phi) is 13.5. The summed E-state index contributed by atoms with van der Waals surface area (Å²) in [4.78, 5) is 0. The summed E-state index contributed by atoms with van der Waals surface area (Å²) in [5, 5.41) is 0. The summed E-state index contributed by atoms with van der Waals surface area (Å²) in [6, 6.07) is 6.57. The SMILES string of the molecule is CC.CCC.CCc1cccc(C)c1CC. The lowest BCUT2D eigenvalue weighted by Gasteiger charge is -2.07. The topological polar surface area (TPSA) is 0 Å². The highest BCUT2D eigenvalue weighted by molar-refractivity contribution is 5.34. The lowest BCUT2D eigenvalue weighted by molar-refractivity contribution is 1.02. The highest BCUT2D eigenvalue weighted by atomic mass is 14.0. The van der Waals surface area contributed by atoms with E-state index in [0.717, 1.165) is 12.8 Å². The minimum Gasteiger partial charge on any atom is -0.0683 e. The molecule has 0 saturated carbocycles. The van der Waals surface area contributed by atoms with Crippen molar-refractivity contribution in [1.82, 2.24) is 0 Å². The molecule has 0 spiro atoms. The molecule has 0 unspecified atom stereocenters. The van der Waals surface area contributed by atoms with Gasteiger partial charge in [-0.3, -0.25) is 0 Å². The van der Waals surface area contributed by atoms with Gasteiger partial charge in [0.05, 0.1) is 0 Å². The Hall–Kier alpha value is -0.780. The zero-order valence-electron chi connectivity index (χ0n) is 12.4. The molecule has 0 saturated heterocycles. The van der Waals surface area contributed by atoms with Gasteiger partial charge in [-0.25, -0.2) is 0 Å². The highest BCUT2D eigenvalue weighted by Gasteiger charge is 1.99. The Bertz CT molecular complexity index is 248. The van der Waals surface area contributed by atoms with Crippen LogP contribution in [0.25, 0.3) is 0 Å². The average molecular weight is 222 g/mol. The predicted octanol–water partition coefficient (Wildman–Crippen LogP) is 5.56. The standard InChI is InChI=1S/C11H16.C3H8.C2H6/c1-4-10-8-6-7-9(3)11(10)5-2;1-3-2;1-2/h6-8H,4-5H2,1-3H3;3H2,1-2H3;1-2H3. The number of hydrogen-bond donors (Lipinski definition) is 0. The molecule has 0 bridgehead atoms. The van der Waals surface area contributed by atoms with Gasteiger partial charge in [-0.05, 0) is 36.5 Å². The van der Waals surface area contributed by atoms with E-state index in [9.17, 15) is 0 Å². The predicted molar refractivity (Wildman–Crippen MR) is 77.2 cm³/mol. The second-order valence-electron chi connectivity index (χ2n) is 3.63. The molecule has 0 amide bonds. The zero-order valence-corrected chi connectivity index (χ0v) is 12.4. The van der Waals surface area contributed by atoms with Crippen molar-refractivity contribution in [2.24, 2.45) is 0 Å². The summed E-state index contributed by atoms with van der Waals surface area (Å²) in [7, 11) is 0. The Morgan fingerprint density at radius 1 is 0.875 bits per heavy atom. The van der Waals surface area contributed by atoms with Crippen LogP contribution < -0.4 is 0 Å².